The Balaban J connectivity index is 1.59. The van der Waals surface area contributed by atoms with Crippen LogP contribution in [0.3, 0.4) is 0 Å². The smallest absolute Gasteiger partial charge is 0.305 e. The maximum atomic E-state index is 13.8. The highest BCUT2D eigenvalue weighted by Gasteiger charge is 2.29. The minimum Gasteiger partial charge on any atom is -0.481 e. The van der Waals surface area contributed by atoms with Crippen LogP contribution in [0.25, 0.3) is 11.1 Å². The zero-order valence-electron chi connectivity index (χ0n) is 23.7. The molecule has 1 aliphatic rings. The van der Waals surface area contributed by atoms with Crippen LogP contribution in [0.1, 0.15) is 86.1 Å². The third-order valence-corrected chi connectivity index (χ3v) is 8.30. The summed E-state index contributed by atoms with van der Waals surface area (Å²) in [7, 11) is 0. The molecule has 2 aromatic carbocycles. The lowest BCUT2D eigenvalue weighted by Gasteiger charge is -2.24. The van der Waals surface area contributed by atoms with E-state index in [0.717, 1.165) is 47.1 Å². The van der Waals surface area contributed by atoms with Crippen molar-refractivity contribution in [3.63, 3.8) is 0 Å². The molecule has 0 bridgehead atoms. The summed E-state index contributed by atoms with van der Waals surface area (Å²) < 4.78 is 0. The maximum absolute atomic E-state index is 13.8. The molecule has 4 rings (SSSR count). The first kappa shape index (κ1) is 29.2. The highest BCUT2D eigenvalue weighted by atomic mass is 16.4. The molecule has 1 fully saturated rings. The number of carboxylic acid groups (broad SMARTS) is 1. The average Bonchev–Trinajstić information content (AvgIpc) is 3.09. The average molecular weight is 541 g/mol. The molecule has 0 aliphatic heterocycles. The van der Waals surface area contributed by atoms with Gasteiger partial charge in [0, 0.05) is 30.3 Å². The Hall–Kier alpha value is -3.80. The first-order valence-corrected chi connectivity index (χ1v) is 14.3. The van der Waals surface area contributed by atoms with Gasteiger partial charge in [-0.1, -0.05) is 61.9 Å². The van der Waals surface area contributed by atoms with Gasteiger partial charge in [-0.15, -0.1) is 0 Å². The molecule has 2 N–H and O–H groups in total. The molecular weight excluding hydrogens is 500 g/mol. The number of nitrogens with zero attached hydrogens (tertiary/aromatic N) is 1. The Labute approximate surface area is 237 Å². The van der Waals surface area contributed by atoms with Gasteiger partial charge in [0.05, 0.1) is 18.4 Å². The van der Waals surface area contributed by atoms with E-state index in [9.17, 15) is 19.5 Å². The van der Waals surface area contributed by atoms with E-state index in [0.29, 0.717) is 36.5 Å². The van der Waals surface area contributed by atoms with Gasteiger partial charge in [-0.2, -0.15) is 0 Å². The summed E-state index contributed by atoms with van der Waals surface area (Å²) in [4.78, 5) is 42.9. The zero-order chi connectivity index (χ0) is 28.6. The number of nitrogens with one attached hydrogen (secondary N) is 1. The number of pyridine rings is 1. The number of carbonyl (C=O) groups excluding carboxylic acids is 2. The van der Waals surface area contributed by atoms with Gasteiger partial charge >= 0.3 is 5.97 Å². The summed E-state index contributed by atoms with van der Waals surface area (Å²) in [6.45, 7) is 6.27. The SMILES string of the molecule is Cc1cccc(C)c1-c1cncc([C@H](CC(=O)O)NC(=O)[C@H](CCC2CCC(C)CCC2=O)c2ccccc2)c1. The number of ketones is 1. The van der Waals surface area contributed by atoms with Crippen LogP contribution in [0.2, 0.25) is 0 Å². The number of aliphatic carboxylic acids is 1. The Morgan fingerprint density at radius 1 is 0.975 bits per heavy atom. The Bertz CT molecular complexity index is 1320. The molecule has 1 amide bonds. The van der Waals surface area contributed by atoms with Gasteiger partial charge in [-0.05, 0) is 79.3 Å². The zero-order valence-corrected chi connectivity index (χ0v) is 23.7. The molecule has 3 aromatic rings. The molecule has 210 valence electrons. The van der Waals surface area contributed by atoms with Crippen molar-refractivity contribution in [2.75, 3.05) is 0 Å². The fourth-order valence-corrected chi connectivity index (χ4v) is 5.95. The van der Waals surface area contributed by atoms with Crippen LogP contribution in [-0.2, 0) is 14.4 Å². The summed E-state index contributed by atoms with van der Waals surface area (Å²) in [6.07, 6.45) is 7.76. The second-order valence-electron chi connectivity index (χ2n) is 11.4. The predicted octanol–water partition coefficient (Wildman–Crippen LogP) is 6.96. The van der Waals surface area contributed by atoms with E-state index in [1.165, 1.54) is 0 Å². The van der Waals surface area contributed by atoms with Crippen molar-refractivity contribution in [3.05, 3.63) is 89.2 Å². The van der Waals surface area contributed by atoms with E-state index in [1.807, 2.05) is 68.4 Å². The van der Waals surface area contributed by atoms with Gasteiger partial charge in [0.15, 0.2) is 0 Å². The van der Waals surface area contributed by atoms with E-state index in [2.05, 4.69) is 17.2 Å². The van der Waals surface area contributed by atoms with Crippen molar-refractivity contribution in [3.8, 4) is 11.1 Å². The van der Waals surface area contributed by atoms with Crippen LogP contribution in [0.5, 0.6) is 0 Å². The van der Waals surface area contributed by atoms with Crippen molar-refractivity contribution >= 4 is 17.7 Å². The van der Waals surface area contributed by atoms with E-state index >= 15 is 0 Å². The standard InChI is InChI=1S/C34H40N2O4/c1-22-12-14-26(31(37)17-13-22)15-16-29(25-10-5-4-6-11-25)34(40)36-30(19-32(38)39)27-18-28(21-35-20-27)33-23(2)8-7-9-24(33)3/h4-11,18,20-22,26,29-30H,12-17,19H2,1-3H3,(H,36,40)(H,38,39)/t22?,26?,29-,30+/m1/s1. The molecule has 40 heavy (non-hydrogen) atoms. The van der Waals surface area contributed by atoms with Crippen molar-refractivity contribution < 1.29 is 19.5 Å². The normalized spacial score (nSPS) is 18.9. The number of hydrogen-bond acceptors (Lipinski definition) is 4. The molecule has 6 nitrogen and oxygen atoms in total. The molecule has 6 heteroatoms. The van der Waals surface area contributed by atoms with E-state index in [4.69, 9.17) is 0 Å². The van der Waals surface area contributed by atoms with Gasteiger partial charge in [0.25, 0.3) is 0 Å². The van der Waals surface area contributed by atoms with Crippen molar-refractivity contribution in [1.29, 1.82) is 0 Å². The third-order valence-electron chi connectivity index (χ3n) is 8.30. The maximum Gasteiger partial charge on any atom is 0.305 e. The Morgan fingerprint density at radius 3 is 2.40 bits per heavy atom. The van der Waals surface area contributed by atoms with Crippen molar-refractivity contribution in [1.82, 2.24) is 10.3 Å². The number of amides is 1. The second-order valence-corrected chi connectivity index (χ2v) is 11.4. The molecule has 1 aromatic heterocycles. The molecule has 1 aliphatic carbocycles. The van der Waals surface area contributed by atoms with E-state index < -0.39 is 17.9 Å². The second kappa shape index (κ2) is 13.5. The molecule has 0 spiro atoms. The highest BCUT2D eigenvalue weighted by Crippen LogP contribution is 2.33. The lowest BCUT2D eigenvalue weighted by molar-refractivity contribution is -0.138. The summed E-state index contributed by atoms with van der Waals surface area (Å²) in [5.74, 6) is -0.902. The minimum absolute atomic E-state index is 0.0305. The molecule has 2 unspecified atom stereocenters. The number of carbonyl (C=O) groups is 3. The lowest BCUT2D eigenvalue weighted by atomic mass is 9.86. The quantitative estimate of drug-likeness (QED) is 0.271. The number of aryl methyl sites for hydroxylation is 2. The number of carboxylic acids is 1. The topological polar surface area (TPSA) is 96.4 Å². The highest BCUT2D eigenvalue weighted by molar-refractivity contribution is 5.85. The van der Waals surface area contributed by atoms with Gasteiger partial charge in [0.1, 0.15) is 5.78 Å². The van der Waals surface area contributed by atoms with Gasteiger partial charge in [0.2, 0.25) is 5.91 Å². The largest absolute Gasteiger partial charge is 0.481 e. The first-order chi connectivity index (χ1) is 19.2. The van der Waals surface area contributed by atoms with Gasteiger partial charge < -0.3 is 10.4 Å². The first-order valence-electron chi connectivity index (χ1n) is 14.3. The minimum atomic E-state index is -1.00. The van der Waals surface area contributed by atoms with Crippen LogP contribution in [0, 0.1) is 25.7 Å². The van der Waals surface area contributed by atoms with Crippen LogP contribution < -0.4 is 5.32 Å². The Kier molecular flexibility index (Phi) is 9.86. The van der Waals surface area contributed by atoms with Gasteiger partial charge in [-0.3, -0.25) is 19.4 Å². The molecule has 0 saturated heterocycles. The van der Waals surface area contributed by atoms with E-state index in [-0.39, 0.29) is 18.2 Å². The third kappa shape index (κ3) is 7.44. The molecular formula is C34H40N2O4. The molecule has 0 radical (unpaired) electrons. The number of Topliss-reactive ketones (excluding diaryl/α,β-unsaturated/α-hetero) is 1. The Morgan fingerprint density at radius 2 is 1.70 bits per heavy atom. The summed E-state index contributed by atoms with van der Waals surface area (Å²) in [5.41, 5.74) is 5.66. The van der Waals surface area contributed by atoms with Gasteiger partial charge in [-0.25, -0.2) is 0 Å². The fourth-order valence-electron chi connectivity index (χ4n) is 5.95. The fraction of sp³-hybridized carbons (Fsp3) is 0.412. The van der Waals surface area contributed by atoms with Crippen LogP contribution in [0.4, 0.5) is 0 Å². The van der Waals surface area contributed by atoms with Crippen LogP contribution in [0.15, 0.2) is 67.0 Å². The van der Waals surface area contributed by atoms with Crippen LogP contribution >= 0.6 is 0 Å². The lowest BCUT2D eigenvalue weighted by Crippen LogP contribution is -2.34. The summed E-state index contributed by atoms with van der Waals surface area (Å²) in [5, 5.41) is 12.8. The van der Waals surface area contributed by atoms with Crippen LogP contribution in [-0.4, -0.2) is 27.8 Å². The predicted molar refractivity (Wildman–Crippen MR) is 157 cm³/mol. The number of hydrogen-bond donors (Lipinski definition) is 2. The van der Waals surface area contributed by atoms with E-state index in [1.54, 1.807) is 12.4 Å². The molecule has 1 heterocycles. The van der Waals surface area contributed by atoms with Crippen molar-refractivity contribution in [2.24, 2.45) is 11.8 Å². The van der Waals surface area contributed by atoms with Crippen molar-refractivity contribution in [2.45, 2.75) is 77.7 Å². The number of rotatable bonds is 10. The molecule has 1 saturated carbocycles. The molecule has 4 atom stereocenters. The summed E-state index contributed by atoms with van der Waals surface area (Å²) >= 11 is 0. The summed E-state index contributed by atoms with van der Waals surface area (Å²) in [6, 6.07) is 16.8. The number of aromatic nitrogens is 1. The monoisotopic (exact) mass is 540 g/mol. The number of benzene rings is 2.